The molecule has 1 heterocycles. The van der Waals surface area contributed by atoms with Crippen molar-refractivity contribution in [3.05, 3.63) is 47.8 Å². The molecule has 0 bridgehead atoms. The third-order valence-corrected chi connectivity index (χ3v) is 2.82. The van der Waals surface area contributed by atoms with Gasteiger partial charge in [-0.2, -0.15) is 5.10 Å². The summed E-state index contributed by atoms with van der Waals surface area (Å²) in [6.45, 7) is 1.39. The van der Waals surface area contributed by atoms with E-state index in [0.29, 0.717) is 0 Å². The standard InChI is InChI=1S/C13H11F2N3O3/c1-7(18-11(13(20)21)4-5-16-18)12(19)17-10-6-8(14)2-3-9(10)15/h2-7H,1H3,(H,17,19)(H,20,21). The Morgan fingerprint density at radius 1 is 1.33 bits per heavy atom. The van der Waals surface area contributed by atoms with Crippen LogP contribution in [0.25, 0.3) is 0 Å². The third kappa shape index (κ3) is 3.04. The number of carboxylic acids is 1. The SMILES string of the molecule is CC(C(=O)Nc1cc(F)ccc1F)n1nccc1C(=O)O. The Labute approximate surface area is 118 Å². The first kappa shape index (κ1) is 14.6. The average molecular weight is 295 g/mol. The van der Waals surface area contributed by atoms with Crippen molar-refractivity contribution < 1.29 is 23.5 Å². The van der Waals surface area contributed by atoms with Gasteiger partial charge in [-0.15, -0.1) is 0 Å². The number of nitrogens with zero attached hydrogens (tertiary/aromatic N) is 2. The normalized spacial score (nSPS) is 12.0. The molecule has 1 amide bonds. The van der Waals surface area contributed by atoms with Crippen LogP contribution in [0.5, 0.6) is 0 Å². The van der Waals surface area contributed by atoms with E-state index >= 15 is 0 Å². The minimum Gasteiger partial charge on any atom is -0.477 e. The first-order chi connectivity index (χ1) is 9.90. The molecule has 1 unspecified atom stereocenters. The zero-order chi connectivity index (χ0) is 15.6. The van der Waals surface area contributed by atoms with Gasteiger partial charge in [0.05, 0.1) is 5.69 Å². The van der Waals surface area contributed by atoms with Crippen molar-refractivity contribution in [2.75, 3.05) is 5.32 Å². The van der Waals surface area contributed by atoms with Gasteiger partial charge in [-0.05, 0) is 25.1 Å². The molecular formula is C13H11F2N3O3. The Kier molecular flexibility index (Phi) is 3.97. The summed E-state index contributed by atoms with van der Waals surface area (Å²) >= 11 is 0. The Morgan fingerprint density at radius 3 is 2.71 bits per heavy atom. The number of carboxylic acid groups (broad SMARTS) is 1. The van der Waals surface area contributed by atoms with E-state index in [4.69, 9.17) is 5.11 Å². The molecule has 0 saturated carbocycles. The van der Waals surface area contributed by atoms with Crippen molar-refractivity contribution in [2.24, 2.45) is 0 Å². The molecule has 2 aromatic rings. The minimum absolute atomic E-state index is 0.183. The quantitative estimate of drug-likeness (QED) is 0.904. The van der Waals surface area contributed by atoms with Crippen LogP contribution in [-0.4, -0.2) is 26.8 Å². The van der Waals surface area contributed by atoms with Crippen molar-refractivity contribution in [3.8, 4) is 0 Å². The average Bonchev–Trinajstić information content (AvgIpc) is 2.91. The van der Waals surface area contributed by atoms with E-state index < -0.39 is 29.6 Å². The van der Waals surface area contributed by atoms with Gasteiger partial charge in [0.25, 0.3) is 0 Å². The van der Waals surface area contributed by atoms with Crippen molar-refractivity contribution in [1.29, 1.82) is 0 Å². The van der Waals surface area contributed by atoms with Gasteiger partial charge in [-0.1, -0.05) is 0 Å². The molecule has 0 spiro atoms. The zero-order valence-corrected chi connectivity index (χ0v) is 10.9. The summed E-state index contributed by atoms with van der Waals surface area (Å²) in [5.41, 5.74) is -0.506. The van der Waals surface area contributed by atoms with Crippen molar-refractivity contribution >= 4 is 17.6 Å². The highest BCUT2D eigenvalue weighted by Gasteiger charge is 2.22. The molecule has 0 aliphatic rings. The summed E-state index contributed by atoms with van der Waals surface area (Å²) in [5, 5.41) is 14.9. The van der Waals surface area contributed by atoms with Gasteiger partial charge >= 0.3 is 5.97 Å². The molecule has 110 valence electrons. The number of aromatic carboxylic acids is 1. The molecule has 0 aliphatic heterocycles. The lowest BCUT2D eigenvalue weighted by Gasteiger charge is -2.14. The second-order valence-electron chi connectivity index (χ2n) is 4.26. The minimum atomic E-state index is -1.25. The molecule has 6 nitrogen and oxygen atoms in total. The molecular weight excluding hydrogens is 284 g/mol. The molecule has 21 heavy (non-hydrogen) atoms. The number of carbonyl (C=O) groups excluding carboxylic acids is 1. The van der Waals surface area contributed by atoms with Gasteiger partial charge in [-0.3, -0.25) is 4.79 Å². The molecule has 1 aromatic heterocycles. The Morgan fingerprint density at radius 2 is 2.05 bits per heavy atom. The number of hydrogen-bond donors (Lipinski definition) is 2. The van der Waals surface area contributed by atoms with Gasteiger partial charge < -0.3 is 10.4 Å². The summed E-state index contributed by atoms with van der Waals surface area (Å²) in [7, 11) is 0. The maximum atomic E-state index is 13.4. The van der Waals surface area contributed by atoms with Crippen LogP contribution in [0, 0.1) is 11.6 Å². The summed E-state index contributed by atoms with van der Waals surface area (Å²) in [5.74, 6) is -3.46. The number of nitrogens with one attached hydrogen (secondary N) is 1. The van der Waals surface area contributed by atoms with Gasteiger partial charge in [0.2, 0.25) is 5.91 Å². The number of aromatic nitrogens is 2. The Hall–Kier alpha value is -2.77. The van der Waals surface area contributed by atoms with E-state index in [0.717, 1.165) is 22.9 Å². The lowest BCUT2D eigenvalue weighted by molar-refractivity contribution is -0.119. The molecule has 0 aliphatic carbocycles. The van der Waals surface area contributed by atoms with Crippen molar-refractivity contribution in [1.82, 2.24) is 9.78 Å². The van der Waals surface area contributed by atoms with Crippen LogP contribution >= 0.6 is 0 Å². The first-order valence-corrected chi connectivity index (χ1v) is 5.93. The Bertz CT molecular complexity index is 700. The van der Waals surface area contributed by atoms with Crippen LogP contribution in [0.2, 0.25) is 0 Å². The van der Waals surface area contributed by atoms with Crippen LogP contribution < -0.4 is 5.32 Å². The summed E-state index contributed by atoms with van der Waals surface area (Å²) in [6, 6.07) is 2.86. The lowest BCUT2D eigenvalue weighted by atomic mass is 10.2. The molecule has 1 aromatic carbocycles. The number of halogens is 2. The van der Waals surface area contributed by atoms with Gasteiger partial charge in [0.15, 0.2) is 0 Å². The fraction of sp³-hybridized carbons (Fsp3) is 0.154. The van der Waals surface area contributed by atoms with Crippen LogP contribution in [0.4, 0.5) is 14.5 Å². The van der Waals surface area contributed by atoms with E-state index in [-0.39, 0.29) is 11.4 Å². The number of carbonyl (C=O) groups is 2. The molecule has 0 saturated heterocycles. The fourth-order valence-corrected chi connectivity index (χ4v) is 1.73. The number of amides is 1. The van der Waals surface area contributed by atoms with E-state index in [1.54, 1.807) is 0 Å². The van der Waals surface area contributed by atoms with Gasteiger partial charge in [0, 0.05) is 12.3 Å². The van der Waals surface area contributed by atoms with Crippen LogP contribution in [-0.2, 0) is 4.79 Å². The Balaban J connectivity index is 2.22. The third-order valence-electron chi connectivity index (χ3n) is 2.82. The highest BCUT2D eigenvalue weighted by atomic mass is 19.1. The highest BCUT2D eigenvalue weighted by Crippen LogP contribution is 2.18. The van der Waals surface area contributed by atoms with Crippen molar-refractivity contribution in [2.45, 2.75) is 13.0 Å². The van der Waals surface area contributed by atoms with Gasteiger partial charge in [-0.25, -0.2) is 18.3 Å². The first-order valence-electron chi connectivity index (χ1n) is 5.93. The van der Waals surface area contributed by atoms with Crippen LogP contribution in [0.3, 0.4) is 0 Å². The number of rotatable bonds is 4. The van der Waals surface area contributed by atoms with Crippen molar-refractivity contribution in [3.63, 3.8) is 0 Å². The zero-order valence-electron chi connectivity index (χ0n) is 10.9. The molecule has 0 radical (unpaired) electrons. The number of hydrogen-bond acceptors (Lipinski definition) is 3. The van der Waals surface area contributed by atoms with Crippen LogP contribution in [0.1, 0.15) is 23.5 Å². The van der Waals surface area contributed by atoms with E-state index in [9.17, 15) is 18.4 Å². The second kappa shape index (κ2) is 5.70. The van der Waals surface area contributed by atoms with E-state index in [1.165, 1.54) is 19.2 Å². The van der Waals surface area contributed by atoms with Gasteiger partial charge in [0.1, 0.15) is 23.4 Å². The van der Waals surface area contributed by atoms with E-state index in [2.05, 4.69) is 10.4 Å². The maximum Gasteiger partial charge on any atom is 0.354 e. The maximum absolute atomic E-state index is 13.4. The molecule has 2 rings (SSSR count). The number of benzene rings is 1. The summed E-state index contributed by atoms with van der Waals surface area (Å²) in [6.07, 6.45) is 1.23. The summed E-state index contributed by atoms with van der Waals surface area (Å²) in [4.78, 5) is 23.0. The molecule has 0 fully saturated rings. The number of anilines is 1. The topological polar surface area (TPSA) is 84.2 Å². The summed E-state index contributed by atoms with van der Waals surface area (Å²) < 4.78 is 27.5. The smallest absolute Gasteiger partial charge is 0.354 e. The molecule has 1 atom stereocenters. The molecule has 8 heteroatoms. The fourth-order valence-electron chi connectivity index (χ4n) is 1.73. The lowest BCUT2D eigenvalue weighted by Crippen LogP contribution is -2.27. The highest BCUT2D eigenvalue weighted by molar-refractivity contribution is 5.94. The largest absolute Gasteiger partial charge is 0.477 e. The molecule has 2 N–H and O–H groups in total. The predicted molar refractivity (Wildman–Crippen MR) is 68.9 cm³/mol. The van der Waals surface area contributed by atoms with E-state index in [1.807, 2.05) is 0 Å². The monoisotopic (exact) mass is 295 g/mol. The predicted octanol–water partition coefficient (Wildman–Crippen LogP) is 2.06. The van der Waals surface area contributed by atoms with Crippen LogP contribution in [0.15, 0.2) is 30.5 Å². The second-order valence-corrected chi connectivity index (χ2v) is 4.26.